The minimum Gasteiger partial charge on any atom is -0.464 e. The summed E-state index contributed by atoms with van der Waals surface area (Å²) >= 11 is 1.69. The van der Waals surface area contributed by atoms with Crippen LogP contribution >= 0.6 is 11.3 Å². The highest BCUT2D eigenvalue weighted by atomic mass is 32.1. The van der Waals surface area contributed by atoms with Crippen molar-refractivity contribution in [2.45, 2.75) is 25.6 Å². The summed E-state index contributed by atoms with van der Waals surface area (Å²) in [5.74, 6) is 2.71. The number of ether oxygens (including phenoxy) is 1. The molecule has 0 spiro atoms. The van der Waals surface area contributed by atoms with Crippen molar-refractivity contribution in [1.82, 2.24) is 5.01 Å². The summed E-state index contributed by atoms with van der Waals surface area (Å²) < 4.78 is 12.1. The van der Waals surface area contributed by atoms with Crippen molar-refractivity contribution >= 4 is 17.0 Å². The van der Waals surface area contributed by atoms with Gasteiger partial charge in [-0.25, -0.2) is 5.01 Å². The lowest BCUT2D eigenvalue weighted by Crippen LogP contribution is -2.33. The Bertz CT molecular complexity index is 913. The number of aryl methyl sites for hydroxylation is 1. The number of fused-ring (bicyclic) bond motifs is 3. The molecule has 2 aromatic heterocycles. The summed E-state index contributed by atoms with van der Waals surface area (Å²) in [5.41, 5.74) is 2.17. The number of hydrazone groups is 1. The van der Waals surface area contributed by atoms with Gasteiger partial charge in [-0.15, -0.1) is 11.3 Å². The number of hydrogen-bond donors (Lipinski definition) is 0. The average molecular weight is 336 g/mol. The minimum absolute atomic E-state index is 0.182. The average Bonchev–Trinajstić information content (AvgIpc) is 3.34. The number of hydrogen-bond acceptors (Lipinski definition) is 5. The van der Waals surface area contributed by atoms with E-state index in [9.17, 15) is 0 Å². The number of furan rings is 1. The van der Waals surface area contributed by atoms with Gasteiger partial charge in [-0.05, 0) is 36.6 Å². The molecule has 4 nitrogen and oxygen atoms in total. The van der Waals surface area contributed by atoms with Crippen LogP contribution < -0.4 is 4.74 Å². The van der Waals surface area contributed by atoms with Gasteiger partial charge in [0.2, 0.25) is 6.23 Å². The normalized spacial score (nSPS) is 21.9. The zero-order valence-corrected chi connectivity index (χ0v) is 14.0. The van der Waals surface area contributed by atoms with Gasteiger partial charge in [-0.2, -0.15) is 5.10 Å². The second-order valence-corrected chi connectivity index (χ2v) is 7.06. The van der Waals surface area contributed by atoms with Crippen LogP contribution in [0.3, 0.4) is 0 Å². The lowest BCUT2D eigenvalue weighted by Gasteiger charge is -2.37. The Balaban J connectivity index is 1.60. The van der Waals surface area contributed by atoms with Gasteiger partial charge in [-0.1, -0.05) is 24.3 Å². The van der Waals surface area contributed by atoms with Crippen LogP contribution in [0, 0.1) is 6.92 Å². The molecule has 0 bridgehead atoms. The van der Waals surface area contributed by atoms with Crippen LogP contribution in [0.25, 0.3) is 0 Å². The molecule has 5 rings (SSSR count). The molecule has 1 aromatic carbocycles. The summed E-state index contributed by atoms with van der Waals surface area (Å²) in [6.45, 7) is 1.96. The van der Waals surface area contributed by atoms with E-state index in [4.69, 9.17) is 14.3 Å². The molecule has 2 aliphatic heterocycles. The third kappa shape index (κ3) is 2.08. The SMILES string of the molecule is Cc1ccc(C2=NN3[C@@H](c4cccs4)Oc4ccccc4[C@@H]3C2)o1. The monoisotopic (exact) mass is 336 g/mol. The molecule has 2 aliphatic rings. The van der Waals surface area contributed by atoms with Crippen molar-refractivity contribution in [2.75, 3.05) is 0 Å². The third-order valence-electron chi connectivity index (χ3n) is 4.51. The van der Waals surface area contributed by atoms with Gasteiger partial charge in [0.25, 0.3) is 0 Å². The molecular formula is C19H16N2O2S. The summed E-state index contributed by atoms with van der Waals surface area (Å²) in [4.78, 5) is 1.16. The Morgan fingerprint density at radius 3 is 2.83 bits per heavy atom. The summed E-state index contributed by atoms with van der Waals surface area (Å²) in [7, 11) is 0. The fourth-order valence-electron chi connectivity index (χ4n) is 3.39. The van der Waals surface area contributed by atoms with Crippen LogP contribution in [-0.4, -0.2) is 10.7 Å². The third-order valence-corrected chi connectivity index (χ3v) is 5.41. The molecule has 0 saturated heterocycles. The fraction of sp³-hybridized carbons (Fsp3) is 0.211. The first kappa shape index (κ1) is 13.9. The van der Waals surface area contributed by atoms with E-state index >= 15 is 0 Å². The lowest BCUT2D eigenvalue weighted by atomic mass is 9.98. The number of nitrogens with zero attached hydrogens (tertiary/aromatic N) is 2. The summed E-state index contributed by atoms with van der Waals surface area (Å²) in [6, 6.07) is 16.6. The van der Waals surface area contributed by atoms with Crippen LogP contribution in [0.4, 0.5) is 0 Å². The van der Waals surface area contributed by atoms with Crippen molar-refractivity contribution in [1.29, 1.82) is 0 Å². The maximum Gasteiger partial charge on any atom is 0.222 e. The highest BCUT2D eigenvalue weighted by Crippen LogP contribution is 2.48. The minimum atomic E-state index is -0.182. The molecule has 3 aromatic rings. The molecular weight excluding hydrogens is 320 g/mol. The predicted molar refractivity (Wildman–Crippen MR) is 93.3 cm³/mol. The van der Waals surface area contributed by atoms with Crippen molar-refractivity contribution < 1.29 is 9.15 Å². The first-order chi connectivity index (χ1) is 11.8. The van der Waals surface area contributed by atoms with Gasteiger partial charge in [0.1, 0.15) is 23.0 Å². The topological polar surface area (TPSA) is 38.0 Å². The highest BCUT2D eigenvalue weighted by molar-refractivity contribution is 7.10. The second kappa shape index (κ2) is 5.24. The number of rotatable bonds is 2. The molecule has 0 aliphatic carbocycles. The maximum absolute atomic E-state index is 6.28. The van der Waals surface area contributed by atoms with Crippen LogP contribution in [-0.2, 0) is 0 Å². The number of thiophene rings is 1. The van der Waals surface area contributed by atoms with Gasteiger partial charge >= 0.3 is 0 Å². The molecule has 0 unspecified atom stereocenters. The Kier molecular flexibility index (Phi) is 3.03. The van der Waals surface area contributed by atoms with Crippen molar-refractivity contribution in [3.63, 3.8) is 0 Å². The van der Waals surface area contributed by atoms with Crippen molar-refractivity contribution in [2.24, 2.45) is 5.10 Å². The molecule has 0 N–H and O–H groups in total. The maximum atomic E-state index is 6.28. The van der Waals surface area contributed by atoms with Crippen LogP contribution in [0.15, 0.2) is 63.4 Å². The summed E-state index contributed by atoms with van der Waals surface area (Å²) in [6.07, 6.45) is 0.647. The van der Waals surface area contributed by atoms with E-state index in [1.165, 1.54) is 5.56 Å². The molecule has 120 valence electrons. The van der Waals surface area contributed by atoms with Crippen molar-refractivity contribution in [3.8, 4) is 5.75 Å². The van der Waals surface area contributed by atoms with E-state index in [2.05, 4.69) is 34.7 Å². The number of para-hydroxylation sites is 1. The van der Waals surface area contributed by atoms with E-state index < -0.39 is 0 Å². The highest BCUT2D eigenvalue weighted by Gasteiger charge is 2.41. The van der Waals surface area contributed by atoms with E-state index in [0.717, 1.165) is 34.3 Å². The van der Waals surface area contributed by atoms with Gasteiger partial charge < -0.3 is 9.15 Å². The lowest BCUT2D eigenvalue weighted by molar-refractivity contribution is -0.0165. The van der Waals surface area contributed by atoms with Gasteiger partial charge in [-0.3, -0.25) is 0 Å². The molecule has 24 heavy (non-hydrogen) atoms. The molecule has 2 atom stereocenters. The zero-order valence-electron chi connectivity index (χ0n) is 13.2. The molecule has 0 fully saturated rings. The molecule has 0 saturated carbocycles. The van der Waals surface area contributed by atoms with Crippen molar-refractivity contribution in [3.05, 3.63) is 75.9 Å². The molecule has 4 heterocycles. The van der Waals surface area contributed by atoms with E-state index in [1.54, 1.807) is 11.3 Å². The smallest absolute Gasteiger partial charge is 0.222 e. The van der Waals surface area contributed by atoms with E-state index in [-0.39, 0.29) is 12.3 Å². The first-order valence-electron chi connectivity index (χ1n) is 8.01. The summed E-state index contributed by atoms with van der Waals surface area (Å²) in [5, 5.41) is 9.03. The van der Waals surface area contributed by atoms with Crippen LogP contribution in [0.5, 0.6) is 5.75 Å². The van der Waals surface area contributed by atoms with Gasteiger partial charge in [0.05, 0.1) is 10.9 Å². The quantitative estimate of drug-likeness (QED) is 0.668. The van der Waals surface area contributed by atoms with Crippen LogP contribution in [0.2, 0.25) is 0 Å². The standard InChI is InChI=1S/C19H16N2O2S/c1-12-8-9-17(22-12)14-11-15-13-5-2-3-6-16(13)23-19(21(15)20-14)18-7-4-10-24-18/h2-10,15,19H,11H2,1H3/t15-,19+/m0/s1. The second-order valence-electron chi connectivity index (χ2n) is 6.08. The van der Waals surface area contributed by atoms with Gasteiger partial charge in [0.15, 0.2) is 0 Å². The Labute approximate surface area is 144 Å². The largest absolute Gasteiger partial charge is 0.464 e. The van der Waals surface area contributed by atoms with Gasteiger partial charge in [0, 0.05) is 12.0 Å². The van der Waals surface area contributed by atoms with E-state index in [1.807, 2.05) is 31.2 Å². The molecule has 0 radical (unpaired) electrons. The van der Waals surface area contributed by atoms with Crippen LogP contribution in [0.1, 0.15) is 40.7 Å². The fourth-order valence-corrected chi connectivity index (χ4v) is 4.14. The van der Waals surface area contributed by atoms with E-state index in [0.29, 0.717) is 0 Å². The Morgan fingerprint density at radius 1 is 1.12 bits per heavy atom. The molecule has 5 heteroatoms. The Morgan fingerprint density at radius 2 is 2.04 bits per heavy atom. The predicted octanol–water partition coefficient (Wildman–Crippen LogP) is 4.89. The molecule has 0 amide bonds. The number of benzene rings is 1. The zero-order chi connectivity index (χ0) is 16.1. The Hall–Kier alpha value is -2.53. The first-order valence-corrected chi connectivity index (χ1v) is 8.89.